The molecule has 8 heteroatoms. The Bertz CT molecular complexity index is 1160. The number of unbranched alkanes of at least 4 members (excludes halogenated alkanes) is 1. The van der Waals surface area contributed by atoms with Crippen LogP contribution < -0.4 is 10.8 Å². The van der Waals surface area contributed by atoms with E-state index in [1.807, 2.05) is 37.3 Å². The lowest BCUT2D eigenvalue weighted by molar-refractivity contribution is 0.403. The summed E-state index contributed by atoms with van der Waals surface area (Å²) in [6, 6.07) is 16.3. The number of aromatic nitrogens is 2. The Morgan fingerprint density at radius 3 is 2.13 bits per heavy atom. The summed E-state index contributed by atoms with van der Waals surface area (Å²) in [7, 11) is -3.74. The fourth-order valence-corrected chi connectivity index (χ4v) is 4.13. The highest BCUT2D eigenvalue weighted by molar-refractivity contribution is 7.89. The van der Waals surface area contributed by atoms with Gasteiger partial charge in [0.1, 0.15) is 0 Å². The first-order valence-corrected chi connectivity index (χ1v) is 12.0. The van der Waals surface area contributed by atoms with Gasteiger partial charge in [0.15, 0.2) is 0 Å². The molecule has 0 atom stereocenters. The van der Waals surface area contributed by atoms with Crippen LogP contribution in [0.4, 0.5) is 0 Å². The molecular formula is C23H29N3O4S. The fraction of sp³-hybridized carbons (Fsp3) is 0.348. The Balaban J connectivity index is 1.83. The van der Waals surface area contributed by atoms with Gasteiger partial charge in [0, 0.05) is 13.1 Å². The average Bonchev–Trinajstić information content (AvgIpc) is 2.98. The lowest BCUT2D eigenvalue weighted by atomic mass is 10.1. The second kappa shape index (κ2) is 9.98. The molecule has 0 amide bonds. The third-order valence-corrected chi connectivity index (χ3v) is 6.34. The maximum atomic E-state index is 13.0. The van der Waals surface area contributed by atoms with Crippen LogP contribution in [0, 0.1) is 0 Å². The summed E-state index contributed by atoms with van der Waals surface area (Å²) in [5, 5.41) is 15.9. The number of aryl methyl sites for hydroxylation is 2. The maximum absolute atomic E-state index is 13.0. The van der Waals surface area contributed by atoms with Crippen LogP contribution in [0.5, 0.6) is 5.88 Å². The predicted molar refractivity (Wildman–Crippen MR) is 121 cm³/mol. The number of sulfonamides is 1. The molecule has 0 aliphatic heterocycles. The van der Waals surface area contributed by atoms with E-state index in [1.54, 1.807) is 16.7 Å². The molecule has 1 heterocycles. The molecule has 31 heavy (non-hydrogen) atoms. The van der Waals surface area contributed by atoms with Crippen LogP contribution in [-0.2, 0) is 42.4 Å². The highest BCUT2D eigenvalue weighted by atomic mass is 32.2. The Morgan fingerprint density at radius 1 is 0.871 bits per heavy atom. The van der Waals surface area contributed by atoms with Crippen LogP contribution in [0.3, 0.4) is 0 Å². The van der Waals surface area contributed by atoms with E-state index in [9.17, 15) is 18.3 Å². The summed E-state index contributed by atoms with van der Waals surface area (Å²) in [5.74, 6) is 0.0407. The lowest BCUT2D eigenvalue weighted by Gasteiger charge is -2.08. The monoisotopic (exact) mass is 443 g/mol. The summed E-state index contributed by atoms with van der Waals surface area (Å²) in [6.07, 6.45) is 3.53. The molecular weight excluding hydrogens is 414 g/mol. The van der Waals surface area contributed by atoms with Gasteiger partial charge >= 0.3 is 5.69 Å². The van der Waals surface area contributed by atoms with Crippen molar-refractivity contribution in [3.8, 4) is 5.88 Å². The van der Waals surface area contributed by atoms with E-state index in [0.29, 0.717) is 38.0 Å². The van der Waals surface area contributed by atoms with Gasteiger partial charge in [-0.15, -0.1) is 0 Å². The van der Waals surface area contributed by atoms with Gasteiger partial charge in [-0.25, -0.2) is 18.4 Å². The molecule has 0 aliphatic carbocycles. The normalized spacial score (nSPS) is 11.7. The van der Waals surface area contributed by atoms with Crippen LogP contribution in [0.15, 0.2) is 64.3 Å². The molecule has 0 saturated heterocycles. The minimum absolute atomic E-state index is 0.0407. The summed E-state index contributed by atoms with van der Waals surface area (Å²) in [6.45, 7) is 2.92. The third-order valence-electron chi connectivity index (χ3n) is 5.41. The van der Waals surface area contributed by atoms with E-state index in [2.05, 4.69) is 0 Å². The molecule has 1 aromatic heterocycles. The van der Waals surface area contributed by atoms with Crippen molar-refractivity contribution in [1.29, 1.82) is 0 Å². The van der Waals surface area contributed by atoms with Crippen molar-refractivity contribution in [2.75, 3.05) is 0 Å². The van der Waals surface area contributed by atoms with Crippen LogP contribution in [-0.4, -0.2) is 22.7 Å². The summed E-state index contributed by atoms with van der Waals surface area (Å²) in [5.41, 5.74) is 2.44. The second-order valence-electron chi connectivity index (χ2n) is 7.63. The largest absolute Gasteiger partial charge is 0.493 e. The number of hydrogen-bond acceptors (Lipinski definition) is 4. The average molecular weight is 444 g/mol. The van der Waals surface area contributed by atoms with Gasteiger partial charge in [-0.05, 0) is 48.9 Å². The molecule has 0 fully saturated rings. The van der Waals surface area contributed by atoms with E-state index in [0.717, 1.165) is 24.0 Å². The van der Waals surface area contributed by atoms with Gasteiger partial charge in [0.25, 0.3) is 0 Å². The molecule has 0 saturated carbocycles. The number of nitrogens with zero attached hydrogens (tertiary/aromatic N) is 2. The zero-order valence-electron chi connectivity index (χ0n) is 17.7. The van der Waals surface area contributed by atoms with Crippen molar-refractivity contribution in [3.63, 3.8) is 0 Å². The van der Waals surface area contributed by atoms with E-state index in [-0.39, 0.29) is 16.5 Å². The van der Waals surface area contributed by atoms with Crippen molar-refractivity contribution in [2.24, 2.45) is 5.14 Å². The van der Waals surface area contributed by atoms with Crippen molar-refractivity contribution in [1.82, 2.24) is 9.13 Å². The molecule has 0 aliphatic rings. The van der Waals surface area contributed by atoms with Crippen LogP contribution in [0.1, 0.15) is 36.6 Å². The fourth-order valence-electron chi connectivity index (χ4n) is 3.62. The topological polar surface area (TPSA) is 107 Å². The first kappa shape index (κ1) is 22.8. The minimum Gasteiger partial charge on any atom is -0.493 e. The molecule has 3 aromatic rings. The van der Waals surface area contributed by atoms with E-state index >= 15 is 0 Å². The zero-order valence-corrected chi connectivity index (χ0v) is 18.5. The van der Waals surface area contributed by atoms with Crippen molar-refractivity contribution >= 4 is 10.0 Å². The van der Waals surface area contributed by atoms with Crippen LogP contribution in [0.25, 0.3) is 0 Å². The summed E-state index contributed by atoms with van der Waals surface area (Å²) in [4.78, 5) is 13.1. The van der Waals surface area contributed by atoms with Crippen molar-refractivity contribution in [2.45, 2.75) is 57.0 Å². The zero-order chi connectivity index (χ0) is 22.4. The van der Waals surface area contributed by atoms with E-state index in [4.69, 9.17) is 5.14 Å². The smallest absolute Gasteiger partial charge is 0.331 e. The molecule has 7 nitrogen and oxygen atoms in total. The minimum atomic E-state index is -3.74. The SMILES string of the molecule is CCCCn1c(O)c(CCc2ccccc2)n(CCc2ccc(S(N)(=O)=O)cc2)c1=O. The first-order valence-electron chi connectivity index (χ1n) is 10.5. The van der Waals surface area contributed by atoms with Gasteiger partial charge in [0.05, 0.1) is 10.6 Å². The van der Waals surface area contributed by atoms with Gasteiger partial charge < -0.3 is 5.11 Å². The molecule has 0 radical (unpaired) electrons. The van der Waals surface area contributed by atoms with Crippen molar-refractivity contribution < 1.29 is 13.5 Å². The van der Waals surface area contributed by atoms with Gasteiger partial charge in [-0.3, -0.25) is 9.13 Å². The molecule has 0 bridgehead atoms. The Hall–Kier alpha value is -2.84. The lowest BCUT2D eigenvalue weighted by Crippen LogP contribution is -2.26. The highest BCUT2D eigenvalue weighted by Gasteiger charge is 2.19. The molecule has 3 rings (SSSR count). The molecule has 166 valence electrons. The maximum Gasteiger partial charge on any atom is 0.331 e. The number of nitrogens with two attached hydrogens (primary N) is 1. The number of primary sulfonamides is 1. The Morgan fingerprint density at radius 2 is 1.52 bits per heavy atom. The molecule has 0 unspecified atom stereocenters. The molecule has 3 N–H and O–H groups in total. The molecule has 0 spiro atoms. The standard InChI is InChI=1S/C23H29N3O4S/c1-2-3-16-26-22(27)21(14-11-18-7-5-4-6-8-18)25(23(26)28)17-15-19-9-12-20(13-10-19)31(24,29)30/h4-10,12-13,27H,2-3,11,14-17H2,1H3,(H2,24,29,30). The van der Waals surface area contributed by atoms with Gasteiger partial charge in [0.2, 0.25) is 15.9 Å². The Kier molecular flexibility index (Phi) is 7.35. The van der Waals surface area contributed by atoms with Gasteiger partial charge in [-0.2, -0.15) is 0 Å². The highest BCUT2D eigenvalue weighted by Crippen LogP contribution is 2.20. The Labute approximate surface area is 182 Å². The number of aromatic hydroxyl groups is 1. The number of benzene rings is 2. The second-order valence-corrected chi connectivity index (χ2v) is 9.20. The number of hydrogen-bond donors (Lipinski definition) is 2. The van der Waals surface area contributed by atoms with E-state index in [1.165, 1.54) is 16.7 Å². The van der Waals surface area contributed by atoms with Crippen molar-refractivity contribution in [3.05, 3.63) is 81.9 Å². The summed E-state index contributed by atoms with van der Waals surface area (Å²) < 4.78 is 26.0. The molecule has 2 aromatic carbocycles. The van der Waals surface area contributed by atoms with Gasteiger partial charge in [-0.1, -0.05) is 55.8 Å². The predicted octanol–water partition coefficient (Wildman–Crippen LogP) is 2.83. The number of rotatable bonds is 10. The summed E-state index contributed by atoms with van der Waals surface area (Å²) >= 11 is 0. The van der Waals surface area contributed by atoms with Crippen LogP contribution >= 0.6 is 0 Å². The third kappa shape index (κ3) is 5.65. The quantitative estimate of drug-likeness (QED) is 0.502. The first-order chi connectivity index (χ1) is 14.8. The number of imidazole rings is 1. The van der Waals surface area contributed by atoms with Crippen LogP contribution in [0.2, 0.25) is 0 Å². The van der Waals surface area contributed by atoms with E-state index < -0.39 is 10.0 Å².